The van der Waals surface area contributed by atoms with E-state index in [9.17, 15) is 0 Å². The van der Waals surface area contributed by atoms with Crippen LogP contribution in [0.15, 0.2) is 12.1 Å². The van der Waals surface area contributed by atoms with Crippen molar-refractivity contribution in [2.24, 2.45) is 0 Å². The zero-order valence-electron chi connectivity index (χ0n) is 13.7. The SMILES string of the molecule is COc1cc(OC)c(C(=S)N2C[C@@H](C)O[C@@H](C)C2)cc1OC. The first kappa shape index (κ1) is 16.8. The topological polar surface area (TPSA) is 40.2 Å². The highest BCUT2D eigenvalue weighted by molar-refractivity contribution is 7.80. The lowest BCUT2D eigenvalue weighted by Gasteiger charge is -2.37. The van der Waals surface area contributed by atoms with Gasteiger partial charge in [-0.3, -0.25) is 0 Å². The quantitative estimate of drug-likeness (QED) is 0.792. The molecule has 0 spiro atoms. The fourth-order valence-corrected chi connectivity index (χ4v) is 3.02. The molecular formula is C16H23NO4S. The third-order valence-electron chi connectivity index (χ3n) is 3.64. The maximum Gasteiger partial charge on any atom is 0.164 e. The highest BCUT2D eigenvalue weighted by atomic mass is 32.1. The van der Waals surface area contributed by atoms with E-state index >= 15 is 0 Å². The van der Waals surface area contributed by atoms with E-state index in [4.69, 9.17) is 31.2 Å². The normalized spacial score (nSPS) is 21.4. The molecule has 6 heteroatoms. The number of rotatable bonds is 4. The molecule has 0 aliphatic carbocycles. The monoisotopic (exact) mass is 325 g/mol. The van der Waals surface area contributed by atoms with Crippen LogP contribution < -0.4 is 14.2 Å². The van der Waals surface area contributed by atoms with Gasteiger partial charge in [-0.15, -0.1) is 0 Å². The van der Waals surface area contributed by atoms with Gasteiger partial charge in [-0.1, -0.05) is 12.2 Å². The Hall–Kier alpha value is -1.53. The fourth-order valence-electron chi connectivity index (χ4n) is 2.71. The average Bonchev–Trinajstić information content (AvgIpc) is 2.51. The van der Waals surface area contributed by atoms with E-state index in [1.807, 2.05) is 6.07 Å². The number of thiocarbonyl (C=S) groups is 1. The van der Waals surface area contributed by atoms with Crippen LogP contribution in [0.4, 0.5) is 0 Å². The molecule has 22 heavy (non-hydrogen) atoms. The molecule has 1 aliphatic heterocycles. The molecule has 0 bridgehead atoms. The molecule has 1 aromatic carbocycles. The minimum Gasteiger partial charge on any atom is -0.496 e. The van der Waals surface area contributed by atoms with E-state index in [1.54, 1.807) is 27.4 Å². The molecule has 1 aliphatic rings. The zero-order valence-corrected chi connectivity index (χ0v) is 14.5. The van der Waals surface area contributed by atoms with Gasteiger partial charge in [0.1, 0.15) is 10.7 Å². The summed E-state index contributed by atoms with van der Waals surface area (Å²) in [5, 5.41) is 0. The minimum absolute atomic E-state index is 0.146. The molecule has 2 rings (SSSR count). The molecule has 0 radical (unpaired) electrons. The number of hydrogen-bond acceptors (Lipinski definition) is 5. The second kappa shape index (κ2) is 7.15. The van der Waals surface area contributed by atoms with Gasteiger partial charge >= 0.3 is 0 Å². The van der Waals surface area contributed by atoms with Crippen molar-refractivity contribution < 1.29 is 18.9 Å². The Labute approximate surface area is 137 Å². The molecule has 1 aromatic rings. The van der Waals surface area contributed by atoms with E-state index in [1.165, 1.54) is 0 Å². The van der Waals surface area contributed by atoms with Crippen molar-refractivity contribution in [3.05, 3.63) is 17.7 Å². The molecular weight excluding hydrogens is 302 g/mol. The summed E-state index contributed by atoms with van der Waals surface area (Å²) in [6, 6.07) is 3.67. The first-order valence-corrected chi connectivity index (χ1v) is 7.65. The van der Waals surface area contributed by atoms with Crippen LogP contribution in [-0.2, 0) is 4.74 Å². The molecule has 0 N–H and O–H groups in total. The van der Waals surface area contributed by atoms with Crippen LogP contribution in [0.5, 0.6) is 17.2 Å². The van der Waals surface area contributed by atoms with Crippen LogP contribution in [-0.4, -0.2) is 56.5 Å². The Morgan fingerprint density at radius 2 is 1.50 bits per heavy atom. The second-order valence-corrected chi connectivity index (χ2v) is 5.76. The van der Waals surface area contributed by atoms with Crippen molar-refractivity contribution in [3.8, 4) is 17.2 Å². The van der Waals surface area contributed by atoms with Gasteiger partial charge < -0.3 is 23.8 Å². The first-order chi connectivity index (χ1) is 10.5. The van der Waals surface area contributed by atoms with Crippen molar-refractivity contribution in [3.63, 3.8) is 0 Å². The Balaban J connectivity index is 2.35. The van der Waals surface area contributed by atoms with Crippen molar-refractivity contribution >= 4 is 17.2 Å². The van der Waals surface area contributed by atoms with Crippen LogP contribution in [0.1, 0.15) is 19.4 Å². The molecule has 122 valence electrons. The highest BCUT2D eigenvalue weighted by Gasteiger charge is 2.26. The maximum atomic E-state index is 5.76. The number of nitrogens with zero attached hydrogens (tertiary/aromatic N) is 1. The zero-order chi connectivity index (χ0) is 16.3. The number of benzene rings is 1. The summed E-state index contributed by atoms with van der Waals surface area (Å²) in [6.45, 7) is 5.63. The van der Waals surface area contributed by atoms with Crippen molar-refractivity contribution in [1.29, 1.82) is 0 Å². The summed E-state index contributed by atoms with van der Waals surface area (Å²) in [7, 11) is 4.83. The fraction of sp³-hybridized carbons (Fsp3) is 0.562. The van der Waals surface area contributed by atoms with Crippen LogP contribution in [0.25, 0.3) is 0 Å². The number of ether oxygens (including phenoxy) is 4. The van der Waals surface area contributed by atoms with Gasteiger partial charge in [0.2, 0.25) is 0 Å². The Morgan fingerprint density at radius 3 is 2.00 bits per heavy atom. The predicted molar refractivity (Wildman–Crippen MR) is 89.4 cm³/mol. The summed E-state index contributed by atoms with van der Waals surface area (Å²) in [5.41, 5.74) is 0.830. The van der Waals surface area contributed by atoms with Gasteiger partial charge in [0.25, 0.3) is 0 Å². The molecule has 2 atom stereocenters. The summed E-state index contributed by atoms with van der Waals surface area (Å²) in [4.78, 5) is 2.89. The van der Waals surface area contributed by atoms with Crippen molar-refractivity contribution in [2.75, 3.05) is 34.4 Å². The van der Waals surface area contributed by atoms with E-state index in [-0.39, 0.29) is 12.2 Å². The van der Waals surface area contributed by atoms with Crippen LogP contribution in [0.3, 0.4) is 0 Å². The third-order valence-corrected chi connectivity index (χ3v) is 4.12. The lowest BCUT2D eigenvalue weighted by atomic mass is 10.1. The van der Waals surface area contributed by atoms with Crippen molar-refractivity contribution in [2.45, 2.75) is 26.1 Å². The van der Waals surface area contributed by atoms with Gasteiger partial charge in [0.15, 0.2) is 11.5 Å². The van der Waals surface area contributed by atoms with E-state index in [2.05, 4.69) is 18.7 Å². The first-order valence-electron chi connectivity index (χ1n) is 7.24. The van der Waals surface area contributed by atoms with Crippen LogP contribution in [0.2, 0.25) is 0 Å². The molecule has 1 fully saturated rings. The molecule has 0 unspecified atom stereocenters. The smallest absolute Gasteiger partial charge is 0.164 e. The van der Waals surface area contributed by atoms with E-state index in [0.717, 1.165) is 23.6 Å². The van der Waals surface area contributed by atoms with Crippen molar-refractivity contribution in [1.82, 2.24) is 4.90 Å². The lowest BCUT2D eigenvalue weighted by Crippen LogP contribution is -2.47. The van der Waals surface area contributed by atoms with Gasteiger partial charge in [-0.25, -0.2) is 0 Å². The molecule has 1 heterocycles. The largest absolute Gasteiger partial charge is 0.496 e. The van der Waals surface area contributed by atoms with Gasteiger partial charge in [-0.05, 0) is 19.9 Å². The summed E-state index contributed by atoms with van der Waals surface area (Å²) in [5.74, 6) is 1.93. The van der Waals surface area contributed by atoms with Gasteiger partial charge in [-0.2, -0.15) is 0 Å². The third kappa shape index (κ3) is 3.44. The van der Waals surface area contributed by atoms with Gasteiger partial charge in [0, 0.05) is 19.2 Å². The summed E-state index contributed by atoms with van der Waals surface area (Å²) in [6.07, 6.45) is 0.292. The molecule has 0 saturated carbocycles. The van der Waals surface area contributed by atoms with E-state index < -0.39 is 0 Å². The number of hydrogen-bond donors (Lipinski definition) is 0. The molecule has 0 amide bonds. The Kier molecular flexibility index (Phi) is 5.47. The van der Waals surface area contributed by atoms with E-state index in [0.29, 0.717) is 17.2 Å². The highest BCUT2D eigenvalue weighted by Crippen LogP contribution is 2.35. The Morgan fingerprint density at radius 1 is 1.00 bits per heavy atom. The standard InChI is InChI=1S/C16H23NO4S/c1-10-8-17(9-11(2)21-10)16(22)12-6-14(19-4)15(20-5)7-13(12)18-3/h6-7,10-11H,8-9H2,1-5H3/t10-,11+. The molecule has 5 nitrogen and oxygen atoms in total. The molecule has 1 saturated heterocycles. The average molecular weight is 325 g/mol. The maximum absolute atomic E-state index is 5.76. The van der Waals surface area contributed by atoms with Crippen LogP contribution >= 0.6 is 12.2 Å². The van der Waals surface area contributed by atoms with Gasteiger partial charge in [0.05, 0.1) is 39.1 Å². The number of methoxy groups -OCH3 is 3. The lowest BCUT2D eigenvalue weighted by molar-refractivity contribution is -0.0472. The predicted octanol–water partition coefficient (Wildman–Crippen LogP) is 2.50. The minimum atomic E-state index is 0.146. The summed E-state index contributed by atoms with van der Waals surface area (Å²) < 4.78 is 21.9. The molecule has 0 aromatic heterocycles. The number of morpholine rings is 1. The van der Waals surface area contributed by atoms with Crippen LogP contribution in [0, 0.1) is 0 Å². The Bertz CT molecular complexity index is 539. The second-order valence-electron chi connectivity index (χ2n) is 5.37. The summed E-state index contributed by atoms with van der Waals surface area (Å²) >= 11 is 5.68.